The first kappa shape index (κ1) is 20.1. The van der Waals surface area contributed by atoms with Gasteiger partial charge in [-0.15, -0.1) is 0 Å². The minimum atomic E-state index is -0.166. The van der Waals surface area contributed by atoms with E-state index in [9.17, 15) is 9.59 Å². The van der Waals surface area contributed by atoms with E-state index in [0.717, 1.165) is 31.2 Å². The standard InChI is InChI=1S/C23H25N3O4/c1-14-20-18(12-19(25-22(20)30-26-14)16-6-4-3-5-7-16)21(27)24-13-15-8-10-17(11-9-15)23(28)29-2/h3-7,12,15,17H,8-11,13H2,1-2H3,(H,24,27). The quantitative estimate of drug-likeness (QED) is 0.645. The Balaban J connectivity index is 1.50. The van der Waals surface area contributed by atoms with Crippen molar-refractivity contribution in [1.82, 2.24) is 15.5 Å². The number of rotatable bonds is 5. The molecule has 4 rings (SSSR count). The molecule has 1 fully saturated rings. The van der Waals surface area contributed by atoms with Crippen LogP contribution < -0.4 is 5.32 Å². The van der Waals surface area contributed by atoms with Gasteiger partial charge in [0.05, 0.1) is 35.4 Å². The van der Waals surface area contributed by atoms with Gasteiger partial charge in [0.25, 0.3) is 11.6 Å². The number of pyridine rings is 1. The Morgan fingerprint density at radius 2 is 1.90 bits per heavy atom. The molecule has 1 aromatic carbocycles. The second-order valence-electron chi connectivity index (χ2n) is 7.82. The average molecular weight is 407 g/mol. The van der Waals surface area contributed by atoms with Crippen LogP contribution in [0.3, 0.4) is 0 Å². The number of fused-ring (bicyclic) bond motifs is 1. The van der Waals surface area contributed by atoms with Crippen molar-refractivity contribution in [1.29, 1.82) is 0 Å². The number of benzene rings is 1. The molecule has 30 heavy (non-hydrogen) atoms. The molecule has 156 valence electrons. The molecule has 0 bridgehead atoms. The number of esters is 1. The molecule has 7 nitrogen and oxygen atoms in total. The normalized spacial score (nSPS) is 18.9. The van der Waals surface area contributed by atoms with Gasteiger partial charge in [-0.1, -0.05) is 35.5 Å². The number of nitrogens with zero attached hydrogens (tertiary/aromatic N) is 2. The second-order valence-corrected chi connectivity index (χ2v) is 7.82. The largest absolute Gasteiger partial charge is 0.469 e. The summed E-state index contributed by atoms with van der Waals surface area (Å²) in [5.74, 6) is 0.0354. The van der Waals surface area contributed by atoms with Crippen LogP contribution in [0.15, 0.2) is 40.9 Å². The van der Waals surface area contributed by atoms with Gasteiger partial charge < -0.3 is 14.6 Å². The fourth-order valence-electron chi connectivity index (χ4n) is 4.13. The number of aromatic nitrogens is 2. The third-order valence-corrected chi connectivity index (χ3v) is 5.86. The van der Waals surface area contributed by atoms with Crippen molar-refractivity contribution < 1.29 is 18.8 Å². The molecule has 2 aromatic heterocycles. The fraction of sp³-hybridized carbons (Fsp3) is 0.391. The number of ether oxygens (including phenoxy) is 1. The SMILES string of the molecule is COC(=O)C1CCC(CNC(=O)c2cc(-c3ccccc3)nc3onc(C)c23)CC1. The highest BCUT2D eigenvalue weighted by Crippen LogP contribution is 2.30. The number of hydrogen-bond acceptors (Lipinski definition) is 6. The zero-order valence-electron chi connectivity index (χ0n) is 17.2. The monoisotopic (exact) mass is 407 g/mol. The van der Waals surface area contributed by atoms with Crippen LogP contribution in [0.25, 0.3) is 22.4 Å². The van der Waals surface area contributed by atoms with Crippen LogP contribution in [0.2, 0.25) is 0 Å². The summed E-state index contributed by atoms with van der Waals surface area (Å²) in [6, 6.07) is 11.5. The second kappa shape index (κ2) is 8.65. The number of carbonyl (C=O) groups excluding carboxylic acids is 2. The number of methoxy groups -OCH3 is 1. The Morgan fingerprint density at radius 1 is 1.17 bits per heavy atom. The first-order chi connectivity index (χ1) is 14.6. The van der Waals surface area contributed by atoms with Crippen molar-refractivity contribution in [2.45, 2.75) is 32.6 Å². The molecule has 3 aromatic rings. The first-order valence-corrected chi connectivity index (χ1v) is 10.2. The zero-order chi connectivity index (χ0) is 21.1. The molecule has 0 aliphatic heterocycles. The van der Waals surface area contributed by atoms with Crippen LogP contribution in [0.5, 0.6) is 0 Å². The molecule has 2 heterocycles. The summed E-state index contributed by atoms with van der Waals surface area (Å²) in [4.78, 5) is 29.3. The lowest BCUT2D eigenvalue weighted by Crippen LogP contribution is -2.32. The van der Waals surface area contributed by atoms with Gasteiger partial charge in [0.15, 0.2) is 0 Å². The lowest BCUT2D eigenvalue weighted by molar-refractivity contribution is -0.146. The van der Waals surface area contributed by atoms with E-state index in [1.54, 1.807) is 13.0 Å². The van der Waals surface area contributed by atoms with Crippen molar-refractivity contribution in [3.63, 3.8) is 0 Å². The van der Waals surface area contributed by atoms with Crippen molar-refractivity contribution >= 4 is 23.0 Å². The topological polar surface area (TPSA) is 94.3 Å². The molecule has 1 saturated carbocycles. The summed E-state index contributed by atoms with van der Waals surface area (Å²) in [5, 5.41) is 7.70. The molecule has 0 unspecified atom stereocenters. The number of hydrogen-bond donors (Lipinski definition) is 1. The van der Waals surface area contributed by atoms with Gasteiger partial charge >= 0.3 is 5.97 Å². The molecule has 0 atom stereocenters. The summed E-state index contributed by atoms with van der Waals surface area (Å²) in [7, 11) is 1.43. The van der Waals surface area contributed by atoms with Gasteiger partial charge in [0.2, 0.25) is 0 Å². The predicted octanol–water partition coefficient (Wildman–Crippen LogP) is 3.91. The van der Waals surface area contributed by atoms with Crippen LogP contribution in [0.4, 0.5) is 0 Å². The molecular formula is C23H25N3O4. The molecule has 1 N–H and O–H groups in total. The summed E-state index contributed by atoms with van der Waals surface area (Å²) in [5.41, 5.74) is 3.09. The summed E-state index contributed by atoms with van der Waals surface area (Å²) in [6.07, 6.45) is 3.39. The molecule has 1 aliphatic carbocycles. The van der Waals surface area contributed by atoms with Gasteiger partial charge in [-0.25, -0.2) is 4.98 Å². The van der Waals surface area contributed by atoms with Crippen LogP contribution in [-0.2, 0) is 9.53 Å². The van der Waals surface area contributed by atoms with Crippen molar-refractivity contribution in [3.8, 4) is 11.3 Å². The van der Waals surface area contributed by atoms with E-state index in [4.69, 9.17) is 9.26 Å². The van der Waals surface area contributed by atoms with Gasteiger partial charge in [-0.05, 0) is 44.6 Å². The smallest absolute Gasteiger partial charge is 0.308 e. The molecular weight excluding hydrogens is 382 g/mol. The molecule has 7 heteroatoms. The number of aryl methyl sites for hydroxylation is 1. The van der Waals surface area contributed by atoms with E-state index in [0.29, 0.717) is 40.5 Å². The van der Waals surface area contributed by atoms with Crippen LogP contribution in [-0.4, -0.2) is 35.7 Å². The van der Waals surface area contributed by atoms with Gasteiger partial charge in [-0.3, -0.25) is 9.59 Å². The molecule has 0 saturated heterocycles. The Morgan fingerprint density at radius 3 is 2.60 bits per heavy atom. The van der Waals surface area contributed by atoms with E-state index in [2.05, 4.69) is 15.5 Å². The van der Waals surface area contributed by atoms with Crippen LogP contribution in [0, 0.1) is 18.8 Å². The Hall–Kier alpha value is -3.22. The number of carbonyl (C=O) groups is 2. The molecule has 1 amide bonds. The third-order valence-electron chi connectivity index (χ3n) is 5.86. The lowest BCUT2D eigenvalue weighted by Gasteiger charge is -2.27. The highest BCUT2D eigenvalue weighted by molar-refractivity contribution is 6.07. The predicted molar refractivity (Wildman–Crippen MR) is 112 cm³/mol. The Labute approximate surface area is 174 Å². The van der Waals surface area contributed by atoms with Gasteiger partial charge in [0.1, 0.15) is 0 Å². The maximum Gasteiger partial charge on any atom is 0.308 e. The summed E-state index contributed by atoms with van der Waals surface area (Å²) < 4.78 is 10.2. The minimum Gasteiger partial charge on any atom is -0.469 e. The maximum absolute atomic E-state index is 13.1. The van der Waals surface area contributed by atoms with E-state index in [1.165, 1.54) is 7.11 Å². The molecule has 0 spiro atoms. The number of nitrogens with one attached hydrogen (secondary N) is 1. The van der Waals surface area contributed by atoms with Gasteiger partial charge in [0, 0.05) is 12.1 Å². The summed E-state index contributed by atoms with van der Waals surface area (Å²) >= 11 is 0. The Kier molecular flexibility index (Phi) is 5.79. The fourth-order valence-corrected chi connectivity index (χ4v) is 4.13. The van der Waals surface area contributed by atoms with E-state index in [-0.39, 0.29) is 17.8 Å². The summed E-state index contributed by atoms with van der Waals surface area (Å²) in [6.45, 7) is 2.38. The highest BCUT2D eigenvalue weighted by atomic mass is 16.5. The lowest BCUT2D eigenvalue weighted by atomic mass is 9.82. The van der Waals surface area contributed by atoms with Gasteiger partial charge in [-0.2, -0.15) is 0 Å². The first-order valence-electron chi connectivity index (χ1n) is 10.2. The van der Waals surface area contributed by atoms with E-state index in [1.807, 2.05) is 30.3 Å². The molecule has 0 radical (unpaired) electrons. The van der Waals surface area contributed by atoms with E-state index >= 15 is 0 Å². The highest BCUT2D eigenvalue weighted by Gasteiger charge is 2.27. The zero-order valence-corrected chi connectivity index (χ0v) is 17.2. The third kappa shape index (κ3) is 4.06. The minimum absolute atomic E-state index is 0.0186. The number of amides is 1. The van der Waals surface area contributed by atoms with Crippen molar-refractivity contribution in [2.24, 2.45) is 11.8 Å². The maximum atomic E-state index is 13.1. The Bertz CT molecular complexity index is 1050. The van der Waals surface area contributed by atoms with Crippen molar-refractivity contribution in [2.75, 3.05) is 13.7 Å². The van der Waals surface area contributed by atoms with E-state index < -0.39 is 0 Å². The van der Waals surface area contributed by atoms with Crippen LogP contribution >= 0.6 is 0 Å². The van der Waals surface area contributed by atoms with Crippen molar-refractivity contribution in [3.05, 3.63) is 47.7 Å². The molecule has 1 aliphatic rings. The average Bonchev–Trinajstić information content (AvgIpc) is 3.18. The van der Waals surface area contributed by atoms with Crippen LogP contribution in [0.1, 0.15) is 41.7 Å².